The van der Waals surface area contributed by atoms with Gasteiger partial charge in [0.05, 0.1) is 5.84 Å². The molecule has 0 aliphatic rings. The molecule has 0 amide bonds. The van der Waals surface area contributed by atoms with Crippen LogP contribution in [0.2, 0.25) is 0 Å². The van der Waals surface area contributed by atoms with Gasteiger partial charge in [0.15, 0.2) is 0 Å². The molecule has 0 saturated heterocycles. The average molecular weight is 158 g/mol. The Morgan fingerprint density at radius 2 is 2.18 bits per heavy atom. The third-order valence-electron chi connectivity index (χ3n) is 1.16. The molecule has 11 heavy (non-hydrogen) atoms. The van der Waals surface area contributed by atoms with Gasteiger partial charge in [0, 0.05) is 19.8 Å². The largest absolute Gasteiger partial charge is 0.388 e. The first-order chi connectivity index (χ1) is 5.27. The van der Waals surface area contributed by atoms with Gasteiger partial charge >= 0.3 is 0 Å². The Kier molecular flexibility index (Phi) is 7.15. The van der Waals surface area contributed by atoms with Crippen LogP contribution in [0.25, 0.3) is 0 Å². The second-order valence-corrected chi connectivity index (χ2v) is 2.49. The Balaban J connectivity index is 2.97. The lowest BCUT2D eigenvalue weighted by molar-refractivity contribution is 0.134. The molecule has 0 rings (SSSR count). The summed E-state index contributed by atoms with van der Waals surface area (Å²) in [6.45, 7) is 6.33. The molecule has 66 valence electrons. The standard InChI is InChI=1S/C8H18N2O/c1-3-6-11-7-4-5-10-8(2)9/h3-7H2,1-2H3,(H2,9,10). The van der Waals surface area contributed by atoms with E-state index in [0.29, 0.717) is 5.84 Å². The molecule has 0 aliphatic carbocycles. The van der Waals surface area contributed by atoms with Crippen LogP contribution in [-0.2, 0) is 4.74 Å². The zero-order chi connectivity index (χ0) is 8.53. The Morgan fingerprint density at radius 1 is 1.45 bits per heavy atom. The van der Waals surface area contributed by atoms with Crippen molar-refractivity contribution in [2.24, 2.45) is 10.7 Å². The molecule has 0 bridgehead atoms. The van der Waals surface area contributed by atoms with Crippen molar-refractivity contribution in [2.45, 2.75) is 26.7 Å². The SMILES string of the molecule is CCCOCCCN=C(C)N. The molecule has 0 aliphatic heterocycles. The fourth-order valence-corrected chi connectivity index (χ4v) is 0.668. The number of nitrogens with zero attached hydrogens (tertiary/aromatic N) is 1. The highest BCUT2D eigenvalue weighted by atomic mass is 16.5. The predicted octanol–water partition coefficient (Wildman–Crippen LogP) is 1.18. The lowest BCUT2D eigenvalue weighted by Crippen LogP contribution is -2.07. The van der Waals surface area contributed by atoms with Crippen LogP contribution in [0, 0.1) is 0 Å². The van der Waals surface area contributed by atoms with Crippen LogP contribution in [0.3, 0.4) is 0 Å². The van der Waals surface area contributed by atoms with Crippen LogP contribution in [0.4, 0.5) is 0 Å². The van der Waals surface area contributed by atoms with Crippen molar-refractivity contribution in [1.29, 1.82) is 0 Å². The van der Waals surface area contributed by atoms with Gasteiger partial charge < -0.3 is 10.5 Å². The fraction of sp³-hybridized carbons (Fsp3) is 0.875. The number of hydrogen-bond acceptors (Lipinski definition) is 2. The summed E-state index contributed by atoms with van der Waals surface area (Å²) >= 11 is 0. The number of nitrogens with two attached hydrogens (primary N) is 1. The van der Waals surface area contributed by atoms with E-state index < -0.39 is 0 Å². The maximum absolute atomic E-state index is 5.34. The number of aliphatic imine (C=N–C) groups is 1. The van der Waals surface area contributed by atoms with Gasteiger partial charge in [0.1, 0.15) is 0 Å². The van der Waals surface area contributed by atoms with Crippen molar-refractivity contribution >= 4 is 5.84 Å². The van der Waals surface area contributed by atoms with Crippen LogP contribution in [0.1, 0.15) is 26.7 Å². The van der Waals surface area contributed by atoms with E-state index >= 15 is 0 Å². The molecule has 0 aromatic carbocycles. The number of amidine groups is 1. The maximum atomic E-state index is 5.34. The van der Waals surface area contributed by atoms with E-state index in [-0.39, 0.29) is 0 Å². The number of rotatable bonds is 6. The second kappa shape index (κ2) is 7.54. The van der Waals surface area contributed by atoms with Crippen LogP contribution in [-0.4, -0.2) is 25.6 Å². The summed E-state index contributed by atoms with van der Waals surface area (Å²) in [5, 5.41) is 0. The molecule has 0 saturated carbocycles. The summed E-state index contributed by atoms with van der Waals surface area (Å²) < 4.78 is 5.25. The molecule has 0 radical (unpaired) electrons. The van der Waals surface area contributed by atoms with E-state index in [4.69, 9.17) is 10.5 Å². The van der Waals surface area contributed by atoms with Crippen LogP contribution in [0.15, 0.2) is 4.99 Å². The first-order valence-corrected chi connectivity index (χ1v) is 4.11. The Labute approximate surface area is 68.6 Å². The topological polar surface area (TPSA) is 47.6 Å². The smallest absolute Gasteiger partial charge is 0.0905 e. The van der Waals surface area contributed by atoms with Gasteiger partial charge in [-0.15, -0.1) is 0 Å². The molecule has 0 unspecified atom stereocenters. The Morgan fingerprint density at radius 3 is 2.73 bits per heavy atom. The first-order valence-electron chi connectivity index (χ1n) is 4.11. The van der Waals surface area contributed by atoms with Gasteiger partial charge in [-0.3, -0.25) is 4.99 Å². The molecule has 0 heterocycles. The zero-order valence-corrected chi connectivity index (χ0v) is 7.47. The molecule has 0 aromatic rings. The first kappa shape index (κ1) is 10.4. The highest BCUT2D eigenvalue weighted by Crippen LogP contribution is 1.86. The van der Waals surface area contributed by atoms with E-state index in [2.05, 4.69) is 11.9 Å². The second-order valence-electron chi connectivity index (χ2n) is 2.49. The van der Waals surface area contributed by atoms with Crippen molar-refractivity contribution in [3.05, 3.63) is 0 Å². The predicted molar refractivity (Wildman–Crippen MR) is 47.9 cm³/mol. The van der Waals surface area contributed by atoms with E-state index in [0.717, 1.165) is 32.6 Å². The minimum atomic E-state index is 0.653. The minimum Gasteiger partial charge on any atom is -0.388 e. The van der Waals surface area contributed by atoms with Crippen molar-refractivity contribution in [2.75, 3.05) is 19.8 Å². The molecule has 3 heteroatoms. The Bertz CT molecular complexity index is 109. The van der Waals surface area contributed by atoms with Crippen molar-refractivity contribution < 1.29 is 4.74 Å². The van der Waals surface area contributed by atoms with E-state index in [1.165, 1.54) is 0 Å². The number of hydrogen-bond donors (Lipinski definition) is 1. The molecule has 0 atom stereocenters. The van der Waals surface area contributed by atoms with Crippen LogP contribution >= 0.6 is 0 Å². The maximum Gasteiger partial charge on any atom is 0.0905 e. The fourth-order valence-electron chi connectivity index (χ4n) is 0.668. The summed E-state index contributed by atoms with van der Waals surface area (Å²) in [4.78, 5) is 4.04. The normalized spacial score (nSPS) is 12.0. The van der Waals surface area contributed by atoms with E-state index in [1.807, 2.05) is 0 Å². The lowest BCUT2D eigenvalue weighted by Gasteiger charge is -1.99. The Hall–Kier alpha value is -0.570. The molecule has 0 spiro atoms. The van der Waals surface area contributed by atoms with E-state index in [1.54, 1.807) is 6.92 Å². The quantitative estimate of drug-likeness (QED) is 0.358. The summed E-state index contributed by atoms with van der Waals surface area (Å²) in [5.74, 6) is 0.653. The van der Waals surface area contributed by atoms with Crippen LogP contribution in [0.5, 0.6) is 0 Å². The highest BCUT2D eigenvalue weighted by Gasteiger charge is 1.86. The molecule has 0 aromatic heterocycles. The van der Waals surface area contributed by atoms with Gasteiger partial charge in [-0.25, -0.2) is 0 Å². The molecular weight excluding hydrogens is 140 g/mol. The summed E-state index contributed by atoms with van der Waals surface area (Å²) in [6.07, 6.45) is 2.05. The van der Waals surface area contributed by atoms with Gasteiger partial charge in [0.25, 0.3) is 0 Å². The molecule has 2 N–H and O–H groups in total. The molecule has 3 nitrogen and oxygen atoms in total. The summed E-state index contributed by atoms with van der Waals surface area (Å²) in [6, 6.07) is 0. The van der Waals surface area contributed by atoms with Gasteiger partial charge in [-0.2, -0.15) is 0 Å². The van der Waals surface area contributed by atoms with Gasteiger partial charge in [-0.1, -0.05) is 6.92 Å². The average Bonchev–Trinajstić information content (AvgIpc) is 1.96. The highest BCUT2D eigenvalue weighted by molar-refractivity contribution is 5.77. The number of ether oxygens (including phenoxy) is 1. The van der Waals surface area contributed by atoms with Crippen LogP contribution < -0.4 is 5.73 Å². The summed E-state index contributed by atoms with van der Waals surface area (Å²) in [7, 11) is 0. The van der Waals surface area contributed by atoms with Crippen molar-refractivity contribution in [3.8, 4) is 0 Å². The summed E-state index contributed by atoms with van der Waals surface area (Å²) in [5.41, 5.74) is 5.34. The molecule has 0 fully saturated rings. The van der Waals surface area contributed by atoms with Gasteiger partial charge in [-0.05, 0) is 19.8 Å². The lowest BCUT2D eigenvalue weighted by atomic mass is 10.4. The van der Waals surface area contributed by atoms with Gasteiger partial charge in [0.2, 0.25) is 0 Å². The zero-order valence-electron chi connectivity index (χ0n) is 7.47. The van der Waals surface area contributed by atoms with Crippen molar-refractivity contribution in [3.63, 3.8) is 0 Å². The molecular formula is C8H18N2O. The van der Waals surface area contributed by atoms with Crippen molar-refractivity contribution in [1.82, 2.24) is 0 Å². The third-order valence-corrected chi connectivity index (χ3v) is 1.16. The minimum absolute atomic E-state index is 0.653. The monoisotopic (exact) mass is 158 g/mol. The third kappa shape index (κ3) is 9.43. The van der Waals surface area contributed by atoms with E-state index in [9.17, 15) is 0 Å².